The quantitative estimate of drug-likeness (QED) is 0.0913. The van der Waals surface area contributed by atoms with Gasteiger partial charge in [0, 0.05) is 6.61 Å². The largest absolute Gasteiger partial charge is 0.465 e. The molecule has 1 atom stereocenters. The zero-order valence-corrected chi connectivity index (χ0v) is 28.5. The molecule has 1 unspecified atom stereocenters. The number of ether oxygens (including phenoxy) is 5. The lowest BCUT2D eigenvalue weighted by Gasteiger charge is -2.14. The van der Waals surface area contributed by atoms with Crippen molar-refractivity contribution in [1.29, 1.82) is 0 Å². The minimum Gasteiger partial charge on any atom is -0.465 e. The fraction of sp³-hybridized carbons (Fsp3) is 0.571. The number of hydrogen-bond acceptors (Lipinski definition) is 10. The molecular weight excluding hydrogens is 687 g/mol. The molecule has 0 bridgehead atoms. The number of carbonyl (C=O) groups excluding carboxylic acids is 2. The number of esters is 2. The minimum absolute atomic E-state index is 0.0298. The lowest BCUT2D eigenvalue weighted by atomic mass is 10.1. The molecule has 0 amide bonds. The molecule has 2 rings (SSSR count). The molecule has 44 heavy (non-hydrogen) atoms. The van der Waals surface area contributed by atoms with Crippen LogP contribution in [0.4, 0.5) is 10.1 Å². The molecule has 0 radical (unpaired) electrons. The van der Waals surface area contributed by atoms with Crippen molar-refractivity contribution in [3.05, 3.63) is 37.3 Å². The molecule has 2 aromatic heterocycles. The summed E-state index contributed by atoms with van der Waals surface area (Å²) in [5, 5.41) is -0.0999. The van der Waals surface area contributed by atoms with Gasteiger partial charge in [-0.2, -0.15) is 14.4 Å². The highest BCUT2D eigenvalue weighted by atomic mass is 35.5. The zero-order valence-electron chi connectivity index (χ0n) is 24.7. The summed E-state index contributed by atoms with van der Waals surface area (Å²) in [5.74, 6) is -2.40. The molecule has 0 saturated heterocycles. The first-order valence-corrected chi connectivity index (χ1v) is 15.8. The zero-order chi connectivity index (χ0) is 33.1. The molecule has 0 saturated carbocycles. The van der Waals surface area contributed by atoms with Crippen LogP contribution in [0.25, 0.3) is 0 Å². The minimum atomic E-state index is -1.01. The topological polar surface area (TPSA) is 132 Å². The molecule has 0 aliphatic heterocycles. The fourth-order valence-corrected chi connectivity index (χ4v) is 4.09. The molecule has 0 fully saturated rings. The molecule has 16 heteroatoms. The van der Waals surface area contributed by atoms with E-state index in [1.54, 1.807) is 0 Å². The van der Waals surface area contributed by atoms with Crippen molar-refractivity contribution in [2.75, 3.05) is 38.8 Å². The number of hydrogen-bond donors (Lipinski definition) is 1. The second kappa shape index (κ2) is 22.5. The SMILES string of the molecule is CCCCCCC(C)OC(=O)COc1nc(F)c(Cl)c(N)c1Cl.CCCCOCCOC(=O)COc1nc(Cl)c(Cl)cc1Cl. The van der Waals surface area contributed by atoms with Gasteiger partial charge in [0.2, 0.25) is 17.7 Å². The van der Waals surface area contributed by atoms with Gasteiger partial charge < -0.3 is 29.4 Å². The predicted octanol–water partition coefficient (Wildman–Crippen LogP) is 8.17. The number of nitrogens with zero attached hydrogens (tertiary/aromatic N) is 2. The van der Waals surface area contributed by atoms with E-state index in [1.165, 1.54) is 6.07 Å². The molecule has 2 N–H and O–H groups in total. The van der Waals surface area contributed by atoms with E-state index in [4.69, 9.17) is 87.4 Å². The molecule has 0 aliphatic rings. The maximum absolute atomic E-state index is 13.4. The lowest BCUT2D eigenvalue weighted by molar-refractivity contribution is -0.151. The molecule has 248 valence electrons. The molecule has 0 spiro atoms. The van der Waals surface area contributed by atoms with Gasteiger partial charge in [0.1, 0.15) is 21.7 Å². The summed E-state index contributed by atoms with van der Waals surface area (Å²) in [6, 6.07) is 1.39. The van der Waals surface area contributed by atoms with Gasteiger partial charge in [-0.1, -0.05) is 97.5 Å². The highest BCUT2D eigenvalue weighted by Gasteiger charge is 2.18. The Morgan fingerprint density at radius 2 is 1.50 bits per heavy atom. The number of rotatable bonds is 18. The molecule has 10 nitrogen and oxygen atoms in total. The number of aromatic nitrogens is 2. The van der Waals surface area contributed by atoms with E-state index < -0.39 is 24.5 Å². The number of carbonyl (C=O) groups is 2. The number of nitrogens with two attached hydrogens (primary N) is 1. The summed E-state index contributed by atoms with van der Waals surface area (Å²) in [5.41, 5.74) is 5.32. The van der Waals surface area contributed by atoms with Crippen molar-refractivity contribution in [1.82, 2.24) is 9.97 Å². The van der Waals surface area contributed by atoms with Gasteiger partial charge >= 0.3 is 11.9 Å². The van der Waals surface area contributed by atoms with Crippen molar-refractivity contribution in [3.8, 4) is 11.8 Å². The van der Waals surface area contributed by atoms with E-state index in [2.05, 4.69) is 23.8 Å². The average molecular weight is 724 g/mol. The highest BCUT2D eigenvalue weighted by molar-refractivity contribution is 6.42. The van der Waals surface area contributed by atoms with Gasteiger partial charge in [0.15, 0.2) is 18.4 Å². The lowest BCUT2D eigenvalue weighted by Crippen LogP contribution is -2.21. The number of pyridine rings is 2. The third-order valence-corrected chi connectivity index (χ3v) is 7.15. The monoisotopic (exact) mass is 721 g/mol. The third-order valence-electron chi connectivity index (χ3n) is 5.48. The van der Waals surface area contributed by atoms with Crippen molar-refractivity contribution < 1.29 is 37.7 Å². The highest BCUT2D eigenvalue weighted by Crippen LogP contribution is 2.35. The van der Waals surface area contributed by atoms with Crippen molar-refractivity contribution in [2.45, 2.75) is 71.8 Å². The Labute approximate surface area is 281 Å². The first-order valence-electron chi connectivity index (χ1n) is 13.9. The predicted molar refractivity (Wildman–Crippen MR) is 170 cm³/mol. The smallest absolute Gasteiger partial charge is 0.344 e. The molecule has 0 aromatic carbocycles. The second-order valence-electron chi connectivity index (χ2n) is 9.21. The Bertz CT molecular complexity index is 1200. The summed E-state index contributed by atoms with van der Waals surface area (Å²) >= 11 is 28.7. The second-order valence-corrected chi connectivity index (χ2v) is 11.1. The summed E-state index contributed by atoms with van der Waals surface area (Å²) < 4.78 is 38.9. The van der Waals surface area contributed by atoms with Crippen LogP contribution in [0, 0.1) is 5.95 Å². The van der Waals surface area contributed by atoms with Crippen LogP contribution < -0.4 is 15.2 Å². The van der Waals surface area contributed by atoms with Crippen LogP contribution in [0.15, 0.2) is 6.07 Å². The molecular formula is C28H37Cl5FN3O7. The van der Waals surface area contributed by atoms with E-state index in [9.17, 15) is 14.0 Å². The fourth-order valence-electron chi connectivity index (χ4n) is 3.17. The number of nitrogen functional groups attached to an aromatic ring is 1. The number of anilines is 1. The summed E-state index contributed by atoms with van der Waals surface area (Å²) in [6.07, 6.45) is 7.04. The maximum atomic E-state index is 13.4. The van der Waals surface area contributed by atoms with Crippen LogP contribution in [0.1, 0.15) is 65.7 Å². The molecule has 2 aromatic rings. The van der Waals surface area contributed by atoms with Gasteiger partial charge in [-0.3, -0.25) is 0 Å². The Morgan fingerprint density at radius 1 is 0.841 bits per heavy atom. The normalized spacial score (nSPS) is 11.3. The first-order chi connectivity index (χ1) is 20.9. The van der Waals surface area contributed by atoms with Crippen LogP contribution in [0.2, 0.25) is 25.2 Å². The van der Waals surface area contributed by atoms with E-state index in [1.807, 2.05) is 6.92 Å². The van der Waals surface area contributed by atoms with Gasteiger partial charge in [-0.05, 0) is 32.3 Å². The van der Waals surface area contributed by atoms with Gasteiger partial charge in [-0.15, -0.1) is 0 Å². The summed E-state index contributed by atoms with van der Waals surface area (Å²) in [4.78, 5) is 30.4. The van der Waals surface area contributed by atoms with Crippen molar-refractivity contribution in [3.63, 3.8) is 0 Å². The van der Waals surface area contributed by atoms with E-state index in [-0.39, 0.29) is 62.0 Å². The standard InChI is InChI=1S/C15H21Cl2FN2O3.C13H16Cl3NO4/c1-3-4-5-6-7-9(2)23-10(21)8-22-15-12(17)13(19)11(16)14(18)20-15;1-2-3-4-19-5-6-20-11(18)8-21-13-10(15)7-9(14)12(16)17-13/h9H,3-8H2,1-2H3,(H2,19,20);7H,2-6,8H2,1H3. The Kier molecular flexibility index (Phi) is 20.4. The number of unbranched alkanes of at least 4 members (excludes halogenated alkanes) is 4. The molecule has 0 aliphatic carbocycles. The Morgan fingerprint density at radius 3 is 2.18 bits per heavy atom. The van der Waals surface area contributed by atoms with Crippen LogP contribution in [0.5, 0.6) is 11.8 Å². The van der Waals surface area contributed by atoms with Gasteiger partial charge in [0.25, 0.3) is 0 Å². The Hall–Kier alpha value is -2.02. The van der Waals surface area contributed by atoms with Crippen LogP contribution in [0.3, 0.4) is 0 Å². The van der Waals surface area contributed by atoms with E-state index in [0.29, 0.717) is 13.2 Å². The average Bonchev–Trinajstić information content (AvgIpc) is 2.98. The molecule has 2 heterocycles. The first kappa shape index (κ1) is 40.0. The van der Waals surface area contributed by atoms with Gasteiger partial charge in [0.05, 0.1) is 23.4 Å². The summed E-state index contributed by atoms with van der Waals surface area (Å²) in [6.45, 7) is 6.45. The van der Waals surface area contributed by atoms with Gasteiger partial charge in [-0.25, -0.2) is 9.59 Å². The third kappa shape index (κ3) is 15.8. The van der Waals surface area contributed by atoms with E-state index >= 15 is 0 Å². The van der Waals surface area contributed by atoms with Crippen LogP contribution >= 0.6 is 58.0 Å². The van der Waals surface area contributed by atoms with Crippen molar-refractivity contribution >= 4 is 75.6 Å². The Balaban J connectivity index is 0.000000442. The van der Waals surface area contributed by atoms with Crippen LogP contribution in [-0.2, 0) is 23.8 Å². The number of halogens is 6. The van der Waals surface area contributed by atoms with Crippen molar-refractivity contribution in [2.24, 2.45) is 0 Å². The maximum Gasteiger partial charge on any atom is 0.344 e. The summed E-state index contributed by atoms with van der Waals surface area (Å²) in [7, 11) is 0. The van der Waals surface area contributed by atoms with Crippen LogP contribution in [-0.4, -0.2) is 61.0 Å². The van der Waals surface area contributed by atoms with E-state index in [0.717, 1.165) is 44.9 Å².